The topological polar surface area (TPSA) is 112 Å². The van der Waals surface area contributed by atoms with Crippen molar-refractivity contribution < 1.29 is 18.3 Å². The second-order valence-corrected chi connectivity index (χ2v) is 6.45. The third-order valence-corrected chi connectivity index (χ3v) is 4.51. The molecular formula is C15H15N2O4S-. The molecule has 3 N–H and O–H groups in total. The fourth-order valence-corrected chi connectivity index (χ4v) is 3.30. The van der Waals surface area contributed by atoms with E-state index < -0.39 is 28.5 Å². The zero-order valence-electron chi connectivity index (χ0n) is 11.6. The molecule has 0 spiro atoms. The van der Waals surface area contributed by atoms with E-state index in [-0.39, 0.29) is 4.90 Å². The van der Waals surface area contributed by atoms with Crippen LogP contribution in [0.5, 0.6) is 0 Å². The molecule has 0 aliphatic heterocycles. The van der Waals surface area contributed by atoms with Crippen LogP contribution in [-0.2, 0) is 14.8 Å². The maximum atomic E-state index is 12.4. The first-order chi connectivity index (χ1) is 10.4. The highest BCUT2D eigenvalue weighted by atomic mass is 32.2. The summed E-state index contributed by atoms with van der Waals surface area (Å²) in [6, 6.07) is 13.3. The summed E-state index contributed by atoms with van der Waals surface area (Å²) in [4.78, 5) is 10.9. The van der Waals surface area contributed by atoms with E-state index in [1.807, 2.05) is 0 Å². The highest BCUT2D eigenvalue weighted by molar-refractivity contribution is 7.89. The minimum atomic E-state index is -3.90. The number of hydrogen-bond acceptors (Lipinski definition) is 5. The zero-order valence-corrected chi connectivity index (χ0v) is 12.4. The number of sulfonamides is 1. The number of carbonyl (C=O) groups is 1. The van der Waals surface area contributed by atoms with Gasteiger partial charge < -0.3 is 15.6 Å². The Labute approximate surface area is 128 Å². The van der Waals surface area contributed by atoms with Crippen molar-refractivity contribution in [2.45, 2.75) is 17.4 Å². The summed E-state index contributed by atoms with van der Waals surface area (Å²) < 4.78 is 27.1. The molecule has 0 fully saturated rings. The highest BCUT2D eigenvalue weighted by Gasteiger charge is 2.21. The molecule has 22 heavy (non-hydrogen) atoms. The summed E-state index contributed by atoms with van der Waals surface area (Å²) >= 11 is 0. The minimum absolute atomic E-state index is 0.0215. The molecule has 0 aliphatic rings. The Hall–Kier alpha value is -2.38. The minimum Gasteiger partial charge on any atom is -0.550 e. The van der Waals surface area contributed by atoms with Gasteiger partial charge in [-0.05, 0) is 23.8 Å². The van der Waals surface area contributed by atoms with E-state index in [2.05, 4.69) is 4.72 Å². The molecule has 2 aromatic rings. The van der Waals surface area contributed by atoms with Crippen LogP contribution in [0, 0.1) is 0 Å². The Bertz CT molecular complexity index is 760. The number of anilines is 1. The van der Waals surface area contributed by atoms with Crippen LogP contribution in [0.25, 0.3) is 0 Å². The first kappa shape index (κ1) is 16.0. The Morgan fingerprint density at radius 3 is 2.41 bits per heavy atom. The number of rotatable bonds is 6. The number of nitrogen functional groups attached to an aromatic ring is 1. The number of benzene rings is 2. The lowest BCUT2D eigenvalue weighted by molar-refractivity contribution is -0.306. The van der Waals surface area contributed by atoms with E-state index in [9.17, 15) is 18.3 Å². The van der Waals surface area contributed by atoms with Crippen LogP contribution in [-0.4, -0.2) is 14.4 Å². The van der Waals surface area contributed by atoms with Gasteiger partial charge in [-0.2, -0.15) is 0 Å². The third kappa shape index (κ3) is 4.06. The van der Waals surface area contributed by atoms with E-state index in [1.54, 1.807) is 36.4 Å². The van der Waals surface area contributed by atoms with Gasteiger partial charge in [-0.15, -0.1) is 0 Å². The average molecular weight is 319 g/mol. The van der Waals surface area contributed by atoms with Crippen molar-refractivity contribution in [3.8, 4) is 0 Å². The third-order valence-electron chi connectivity index (χ3n) is 3.04. The summed E-state index contributed by atoms with van der Waals surface area (Å²) in [5.74, 6) is -1.34. The molecule has 6 nitrogen and oxygen atoms in total. The lowest BCUT2D eigenvalue weighted by Gasteiger charge is -2.20. The fraction of sp³-hybridized carbons (Fsp3) is 0.133. The van der Waals surface area contributed by atoms with Gasteiger partial charge in [0.1, 0.15) is 0 Å². The van der Waals surface area contributed by atoms with Gasteiger partial charge in [0.05, 0.1) is 10.9 Å². The molecule has 1 atom stereocenters. The molecule has 0 aromatic heterocycles. The molecule has 116 valence electrons. The van der Waals surface area contributed by atoms with Crippen molar-refractivity contribution >= 4 is 21.7 Å². The fourth-order valence-electron chi connectivity index (χ4n) is 2.02. The second kappa shape index (κ2) is 6.59. The summed E-state index contributed by atoms with van der Waals surface area (Å²) in [5, 5.41) is 10.9. The predicted molar refractivity (Wildman–Crippen MR) is 80.0 cm³/mol. The van der Waals surface area contributed by atoms with E-state index in [4.69, 9.17) is 5.73 Å². The highest BCUT2D eigenvalue weighted by Crippen LogP contribution is 2.21. The smallest absolute Gasteiger partial charge is 0.241 e. The van der Waals surface area contributed by atoms with Crippen LogP contribution in [0.1, 0.15) is 18.0 Å². The first-order valence-corrected chi connectivity index (χ1v) is 7.99. The molecule has 2 rings (SSSR count). The van der Waals surface area contributed by atoms with Crippen LogP contribution >= 0.6 is 0 Å². The number of carboxylic acid groups (broad SMARTS) is 1. The number of aliphatic carboxylic acids is 1. The SMILES string of the molecule is Nc1cccc(S(=O)(=O)NC(CC(=O)[O-])c2ccccc2)c1. The number of carboxylic acids is 1. The lowest BCUT2D eigenvalue weighted by Crippen LogP contribution is -2.34. The van der Waals surface area contributed by atoms with Crippen LogP contribution in [0.3, 0.4) is 0 Å². The van der Waals surface area contributed by atoms with Crippen molar-refractivity contribution in [2.24, 2.45) is 0 Å². The number of hydrogen-bond donors (Lipinski definition) is 2. The molecule has 0 aliphatic carbocycles. The molecule has 0 amide bonds. The molecule has 1 unspecified atom stereocenters. The van der Waals surface area contributed by atoms with Gasteiger partial charge in [0.2, 0.25) is 10.0 Å². The molecule has 7 heteroatoms. The summed E-state index contributed by atoms with van der Waals surface area (Å²) in [7, 11) is -3.90. The summed E-state index contributed by atoms with van der Waals surface area (Å²) in [6.45, 7) is 0. The van der Waals surface area contributed by atoms with E-state index in [0.717, 1.165) is 0 Å². The largest absolute Gasteiger partial charge is 0.550 e. The van der Waals surface area contributed by atoms with Gasteiger partial charge in [0.15, 0.2) is 0 Å². The molecule has 0 bridgehead atoms. The normalized spacial score (nSPS) is 12.7. The quantitative estimate of drug-likeness (QED) is 0.750. The van der Waals surface area contributed by atoms with Gasteiger partial charge in [0.25, 0.3) is 0 Å². The van der Waals surface area contributed by atoms with Gasteiger partial charge in [-0.1, -0.05) is 36.4 Å². The van der Waals surface area contributed by atoms with E-state index in [0.29, 0.717) is 11.3 Å². The van der Waals surface area contributed by atoms with Crippen LogP contribution in [0.15, 0.2) is 59.5 Å². The van der Waals surface area contributed by atoms with Gasteiger partial charge in [0, 0.05) is 18.1 Å². The molecule has 0 saturated carbocycles. The van der Waals surface area contributed by atoms with E-state index in [1.165, 1.54) is 18.2 Å². The number of nitrogens with one attached hydrogen (secondary N) is 1. The van der Waals surface area contributed by atoms with Crippen molar-refractivity contribution in [2.75, 3.05) is 5.73 Å². The average Bonchev–Trinajstić information content (AvgIpc) is 2.47. The lowest BCUT2D eigenvalue weighted by atomic mass is 10.1. The van der Waals surface area contributed by atoms with Crippen LogP contribution < -0.4 is 15.6 Å². The number of nitrogens with two attached hydrogens (primary N) is 1. The molecule has 0 radical (unpaired) electrons. The Balaban J connectivity index is 2.32. The predicted octanol–water partition coefficient (Wildman–Crippen LogP) is 0.428. The van der Waals surface area contributed by atoms with Gasteiger partial charge in [-0.3, -0.25) is 0 Å². The van der Waals surface area contributed by atoms with Crippen molar-refractivity contribution in [3.63, 3.8) is 0 Å². The van der Waals surface area contributed by atoms with Crippen LogP contribution in [0.4, 0.5) is 5.69 Å². The molecule has 0 saturated heterocycles. The van der Waals surface area contributed by atoms with Crippen molar-refractivity contribution in [1.82, 2.24) is 4.72 Å². The maximum absolute atomic E-state index is 12.4. The van der Waals surface area contributed by atoms with Crippen molar-refractivity contribution in [3.05, 3.63) is 60.2 Å². The standard InChI is InChI=1S/C15H16N2O4S/c16-12-7-4-8-13(9-12)22(20,21)17-14(10-15(18)19)11-5-2-1-3-6-11/h1-9,14,17H,10,16H2,(H,18,19)/p-1. The summed E-state index contributed by atoms with van der Waals surface area (Å²) in [6.07, 6.45) is -0.467. The van der Waals surface area contributed by atoms with E-state index >= 15 is 0 Å². The van der Waals surface area contributed by atoms with Gasteiger partial charge in [-0.25, -0.2) is 13.1 Å². The Morgan fingerprint density at radius 2 is 1.82 bits per heavy atom. The molecule has 0 heterocycles. The van der Waals surface area contributed by atoms with Crippen LogP contribution in [0.2, 0.25) is 0 Å². The Kier molecular flexibility index (Phi) is 4.79. The maximum Gasteiger partial charge on any atom is 0.241 e. The number of carbonyl (C=O) groups excluding carboxylic acids is 1. The summed E-state index contributed by atoms with van der Waals surface area (Å²) in [5.41, 5.74) is 6.43. The molecule has 2 aromatic carbocycles. The van der Waals surface area contributed by atoms with Crippen molar-refractivity contribution in [1.29, 1.82) is 0 Å². The molecular weight excluding hydrogens is 304 g/mol. The monoisotopic (exact) mass is 319 g/mol. The van der Waals surface area contributed by atoms with Gasteiger partial charge >= 0.3 is 0 Å². The first-order valence-electron chi connectivity index (χ1n) is 6.51. The Morgan fingerprint density at radius 1 is 1.14 bits per heavy atom. The second-order valence-electron chi connectivity index (χ2n) is 4.73. The zero-order chi connectivity index (χ0) is 16.2.